The Morgan fingerprint density at radius 2 is 1.29 bits per heavy atom. The quantitative estimate of drug-likeness (QED) is 0.174. The molecule has 0 bridgehead atoms. The molecule has 6 heteroatoms. The number of furan rings is 2. The van der Waals surface area contributed by atoms with Crippen molar-refractivity contribution in [2.45, 2.75) is 12.3 Å². The molecule has 51 heavy (non-hydrogen) atoms. The predicted octanol–water partition coefficient (Wildman–Crippen LogP) is 8.91. The lowest BCUT2D eigenvalue weighted by atomic mass is 9.98. The number of para-hydroxylation sites is 2. The fraction of sp³-hybridized carbons (Fsp3) is 0.0444. The molecule has 0 aliphatic carbocycles. The minimum absolute atomic E-state index is 0.0101. The van der Waals surface area contributed by atoms with Crippen LogP contribution in [0.2, 0.25) is 0 Å². The van der Waals surface area contributed by atoms with Gasteiger partial charge in [-0.2, -0.15) is 10.3 Å². The van der Waals surface area contributed by atoms with Crippen LogP contribution in [-0.4, -0.2) is 5.84 Å². The molecule has 0 amide bonds. The lowest BCUT2D eigenvalue weighted by Gasteiger charge is -2.24. The highest BCUT2D eigenvalue weighted by atomic mass is 32.1. The summed E-state index contributed by atoms with van der Waals surface area (Å²) in [6, 6.07) is 53.7. The van der Waals surface area contributed by atoms with E-state index in [1.54, 1.807) is 0 Å². The molecule has 10 aromatic rings. The molecule has 4 N–H and O–H groups in total. The van der Waals surface area contributed by atoms with Gasteiger partial charge in [0.1, 0.15) is 22.3 Å². The van der Waals surface area contributed by atoms with Gasteiger partial charge in [-0.15, -0.1) is 11.3 Å². The van der Waals surface area contributed by atoms with Crippen molar-refractivity contribution >= 4 is 81.2 Å². The number of rotatable bonds is 4. The summed E-state index contributed by atoms with van der Waals surface area (Å²) in [6.07, 6.45) is -0.141. The SMILES string of the molecule is c1ccc(C2NC(c3cccc4sc5ccccc5c34)[NH+]=C(c3cccc4c3oc3cc(-c5cccc6oc7ccccc7c56)ccc34)[NH2+]2)cc1. The van der Waals surface area contributed by atoms with E-state index in [0.29, 0.717) is 0 Å². The first-order valence-corrected chi connectivity index (χ1v) is 18.1. The number of quaternary nitrogens is 1. The van der Waals surface area contributed by atoms with E-state index in [2.05, 4.69) is 149 Å². The summed E-state index contributed by atoms with van der Waals surface area (Å²) in [5.74, 6) is 1.05. The molecule has 0 saturated carbocycles. The Kier molecular flexibility index (Phi) is 6.33. The average Bonchev–Trinajstić information content (AvgIpc) is 3.89. The van der Waals surface area contributed by atoms with Crippen molar-refractivity contribution in [3.63, 3.8) is 0 Å². The van der Waals surface area contributed by atoms with Crippen molar-refractivity contribution in [3.05, 3.63) is 168 Å². The normalized spacial score (nSPS) is 16.6. The standard InChI is InChI=1S/C45H29N3O2S/c1-2-11-26(12-3-1)43-46-44(33-17-10-22-39-41(33)32-14-5-7-21-38(32)51-39)48-45(47-43)34-18-8-16-30-29-24-23-27(25-37(29)50-42(30)34)28-15-9-20-36-40(28)31-13-4-6-19-35(31)49-36/h1-25,43-44,46H,(H,47,48)/p+2. The third-order valence-electron chi connectivity index (χ3n) is 10.4. The van der Waals surface area contributed by atoms with Crippen molar-refractivity contribution in [2.24, 2.45) is 0 Å². The van der Waals surface area contributed by atoms with Gasteiger partial charge in [-0.3, -0.25) is 0 Å². The summed E-state index contributed by atoms with van der Waals surface area (Å²) in [7, 11) is 0. The number of benzene rings is 7. The van der Waals surface area contributed by atoms with Crippen LogP contribution in [0.5, 0.6) is 0 Å². The van der Waals surface area contributed by atoms with Crippen molar-refractivity contribution in [1.82, 2.24) is 5.32 Å². The molecule has 2 atom stereocenters. The number of nitrogens with two attached hydrogens (primary N) is 1. The summed E-state index contributed by atoms with van der Waals surface area (Å²) >= 11 is 1.85. The lowest BCUT2D eigenvalue weighted by Crippen LogP contribution is -3.07. The van der Waals surface area contributed by atoms with Crippen LogP contribution in [0.25, 0.3) is 75.2 Å². The topological polar surface area (TPSA) is 68.9 Å². The third kappa shape index (κ3) is 4.51. The fourth-order valence-corrected chi connectivity index (χ4v) is 9.20. The number of nitrogens with one attached hydrogen (secondary N) is 2. The Hall–Kier alpha value is -6.05. The van der Waals surface area contributed by atoms with Crippen LogP contribution in [0.4, 0.5) is 0 Å². The second-order valence-corrected chi connectivity index (χ2v) is 14.4. The Bertz CT molecular complexity index is 3010. The summed E-state index contributed by atoms with van der Waals surface area (Å²) in [5.41, 5.74) is 9.24. The first-order chi connectivity index (χ1) is 25.3. The molecule has 242 valence electrons. The van der Waals surface area contributed by atoms with E-state index in [4.69, 9.17) is 8.83 Å². The van der Waals surface area contributed by atoms with E-state index in [-0.39, 0.29) is 12.3 Å². The van der Waals surface area contributed by atoms with Gasteiger partial charge in [0.25, 0.3) is 0 Å². The monoisotopic (exact) mass is 677 g/mol. The van der Waals surface area contributed by atoms with Gasteiger partial charge in [0.15, 0.2) is 11.7 Å². The molecule has 0 fully saturated rings. The first kappa shape index (κ1) is 28.8. The largest absolute Gasteiger partial charge is 0.456 e. The maximum atomic E-state index is 6.85. The van der Waals surface area contributed by atoms with E-state index >= 15 is 0 Å². The van der Waals surface area contributed by atoms with Crippen LogP contribution < -0.4 is 15.6 Å². The average molecular weight is 678 g/mol. The van der Waals surface area contributed by atoms with E-state index < -0.39 is 0 Å². The smallest absolute Gasteiger partial charge is 0.373 e. The molecule has 0 spiro atoms. The van der Waals surface area contributed by atoms with E-state index in [1.807, 2.05) is 29.5 Å². The summed E-state index contributed by atoms with van der Waals surface area (Å²) in [6.45, 7) is 0. The van der Waals surface area contributed by atoms with Crippen molar-refractivity contribution < 1.29 is 19.1 Å². The Labute approximate surface area is 296 Å². The number of amidine groups is 1. The van der Waals surface area contributed by atoms with Gasteiger partial charge in [0.05, 0.1) is 0 Å². The zero-order valence-electron chi connectivity index (χ0n) is 27.4. The lowest BCUT2D eigenvalue weighted by molar-refractivity contribution is -0.701. The molecule has 1 aliphatic heterocycles. The summed E-state index contributed by atoms with van der Waals surface area (Å²) < 4.78 is 15.7. The molecule has 11 rings (SSSR count). The van der Waals surface area contributed by atoms with Crippen LogP contribution in [-0.2, 0) is 0 Å². The van der Waals surface area contributed by atoms with Crippen molar-refractivity contribution in [1.29, 1.82) is 0 Å². The van der Waals surface area contributed by atoms with E-state index in [1.165, 1.54) is 31.3 Å². The van der Waals surface area contributed by atoms with Gasteiger partial charge in [0.2, 0.25) is 6.17 Å². The molecular formula is C45H31N3O2S+2. The molecule has 0 saturated heterocycles. The molecular weight excluding hydrogens is 647 g/mol. The highest BCUT2D eigenvalue weighted by Gasteiger charge is 2.37. The minimum atomic E-state index is -0.131. The van der Waals surface area contributed by atoms with Crippen molar-refractivity contribution in [3.8, 4) is 11.1 Å². The maximum Gasteiger partial charge on any atom is 0.373 e. The van der Waals surface area contributed by atoms with Gasteiger partial charge in [-0.25, -0.2) is 5.32 Å². The number of hydrogen-bond acceptors (Lipinski definition) is 4. The van der Waals surface area contributed by atoms with E-state index in [9.17, 15) is 0 Å². The van der Waals surface area contributed by atoms with Crippen LogP contribution in [0, 0.1) is 0 Å². The number of thiophene rings is 1. The maximum absolute atomic E-state index is 6.85. The highest BCUT2D eigenvalue weighted by Crippen LogP contribution is 2.40. The van der Waals surface area contributed by atoms with Crippen LogP contribution >= 0.6 is 11.3 Å². The molecule has 1 aliphatic rings. The Balaban J connectivity index is 1.08. The molecule has 5 nitrogen and oxygen atoms in total. The van der Waals surface area contributed by atoms with Crippen LogP contribution in [0.1, 0.15) is 29.0 Å². The fourth-order valence-electron chi connectivity index (χ4n) is 8.06. The van der Waals surface area contributed by atoms with Crippen molar-refractivity contribution in [2.75, 3.05) is 0 Å². The second-order valence-electron chi connectivity index (χ2n) is 13.3. The zero-order valence-corrected chi connectivity index (χ0v) is 28.2. The van der Waals surface area contributed by atoms with Gasteiger partial charge in [0, 0.05) is 52.8 Å². The van der Waals surface area contributed by atoms with Gasteiger partial charge >= 0.3 is 5.84 Å². The van der Waals surface area contributed by atoms with Gasteiger partial charge in [-0.1, -0.05) is 109 Å². The zero-order chi connectivity index (χ0) is 33.5. The van der Waals surface area contributed by atoms with Gasteiger partial charge < -0.3 is 8.83 Å². The summed E-state index contributed by atoms with van der Waals surface area (Å²) in [4.78, 5) is 3.92. The Morgan fingerprint density at radius 1 is 0.549 bits per heavy atom. The highest BCUT2D eigenvalue weighted by molar-refractivity contribution is 7.25. The predicted molar refractivity (Wildman–Crippen MR) is 208 cm³/mol. The number of hydrogen-bond donors (Lipinski definition) is 3. The third-order valence-corrected chi connectivity index (χ3v) is 11.5. The number of fused-ring (bicyclic) bond motifs is 9. The molecule has 3 aromatic heterocycles. The number of nitrogen functional groups attached to an aromatic ring is 1. The van der Waals surface area contributed by atoms with E-state index in [0.717, 1.165) is 66.4 Å². The first-order valence-electron chi connectivity index (χ1n) is 17.3. The molecule has 2 unspecified atom stereocenters. The van der Waals surface area contributed by atoms with Crippen LogP contribution in [0.15, 0.2) is 160 Å². The van der Waals surface area contributed by atoms with Crippen LogP contribution in [0.3, 0.4) is 0 Å². The molecule has 7 aromatic carbocycles. The van der Waals surface area contributed by atoms with Gasteiger partial charge in [-0.05, 0) is 53.6 Å². The molecule has 0 radical (unpaired) electrons. The minimum Gasteiger partial charge on any atom is -0.456 e. The second kappa shape index (κ2) is 11.2. The molecule has 4 heterocycles. The summed E-state index contributed by atoms with van der Waals surface area (Å²) in [5, 5.41) is 13.3. The Morgan fingerprint density at radius 3 is 2.24 bits per heavy atom.